The molecule has 0 aromatic carbocycles. The summed E-state index contributed by atoms with van der Waals surface area (Å²) in [5.41, 5.74) is -0.419. The van der Waals surface area contributed by atoms with Crippen LogP contribution in [-0.4, -0.2) is 22.5 Å². The Kier molecular flexibility index (Phi) is 4.33. The van der Waals surface area contributed by atoms with Gasteiger partial charge in [0, 0.05) is 17.9 Å². The normalized spacial score (nSPS) is 17.4. The Balaban J connectivity index is 2.38. The highest BCUT2D eigenvalue weighted by atomic mass is 16.4. The fraction of sp³-hybridized carbons (Fsp3) is 0.833. The molecule has 0 aliphatic heterocycles. The van der Waals surface area contributed by atoms with Crippen molar-refractivity contribution in [2.45, 2.75) is 57.9 Å². The monoisotopic (exact) mass is 227 g/mol. The number of carboxylic acid groups (broad SMARTS) is 1. The maximum Gasteiger partial charge on any atom is 0.303 e. The smallest absolute Gasteiger partial charge is 0.303 e. The van der Waals surface area contributed by atoms with E-state index < -0.39 is 11.5 Å². The Bertz CT molecular complexity index is 267. The molecular formula is C12H21NO3. The van der Waals surface area contributed by atoms with Crippen LogP contribution >= 0.6 is 0 Å². The van der Waals surface area contributed by atoms with E-state index >= 15 is 0 Å². The molecule has 0 unspecified atom stereocenters. The lowest BCUT2D eigenvalue weighted by Crippen LogP contribution is -2.46. The number of nitrogens with one attached hydrogen (secondary N) is 1. The Labute approximate surface area is 96.4 Å². The number of carbonyl (C=O) groups excluding carboxylic acids is 1. The van der Waals surface area contributed by atoms with Gasteiger partial charge in [0.25, 0.3) is 0 Å². The topological polar surface area (TPSA) is 66.4 Å². The molecule has 0 bridgehead atoms. The van der Waals surface area contributed by atoms with Crippen LogP contribution in [-0.2, 0) is 9.59 Å². The highest BCUT2D eigenvalue weighted by Gasteiger charge is 2.28. The molecule has 1 fully saturated rings. The van der Waals surface area contributed by atoms with Crippen molar-refractivity contribution in [1.82, 2.24) is 5.32 Å². The van der Waals surface area contributed by atoms with Crippen molar-refractivity contribution in [1.29, 1.82) is 0 Å². The van der Waals surface area contributed by atoms with Gasteiger partial charge in [0.1, 0.15) is 0 Å². The molecule has 16 heavy (non-hydrogen) atoms. The summed E-state index contributed by atoms with van der Waals surface area (Å²) in [6.07, 6.45) is 4.78. The molecule has 0 heterocycles. The summed E-state index contributed by atoms with van der Waals surface area (Å²) < 4.78 is 0. The summed E-state index contributed by atoms with van der Waals surface area (Å²) in [5, 5.41) is 11.6. The lowest BCUT2D eigenvalue weighted by molar-refractivity contribution is -0.138. The predicted octanol–water partition coefficient (Wildman–Crippen LogP) is 1.94. The zero-order valence-electron chi connectivity index (χ0n) is 10.1. The van der Waals surface area contributed by atoms with Crippen molar-refractivity contribution < 1.29 is 14.7 Å². The van der Waals surface area contributed by atoms with Gasteiger partial charge in [-0.05, 0) is 33.1 Å². The third-order valence-corrected chi connectivity index (χ3v) is 3.15. The minimum atomic E-state index is -0.816. The van der Waals surface area contributed by atoms with Gasteiger partial charge < -0.3 is 10.4 Å². The molecule has 4 heteroatoms. The Hall–Kier alpha value is -1.06. The van der Waals surface area contributed by atoms with Crippen LogP contribution < -0.4 is 5.32 Å². The van der Waals surface area contributed by atoms with E-state index in [1.54, 1.807) is 0 Å². The zero-order valence-corrected chi connectivity index (χ0v) is 10.1. The number of hydrogen-bond donors (Lipinski definition) is 2. The Morgan fingerprint density at radius 2 is 1.88 bits per heavy atom. The van der Waals surface area contributed by atoms with E-state index in [1.165, 1.54) is 0 Å². The second-order valence-electron chi connectivity index (χ2n) is 5.25. The number of carboxylic acids is 1. The molecule has 92 valence electrons. The van der Waals surface area contributed by atoms with Gasteiger partial charge in [0.15, 0.2) is 0 Å². The van der Waals surface area contributed by atoms with E-state index in [0.717, 1.165) is 25.7 Å². The van der Waals surface area contributed by atoms with Crippen LogP contribution in [0.15, 0.2) is 0 Å². The van der Waals surface area contributed by atoms with E-state index in [-0.39, 0.29) is 18.2 Å². The number of hydrogen-bond acceptors (Lipinski definition) is 2. The van der Waals surface area contributed by atoms with Crippen molar-refractivity contribution in [3.05, 3.63) is 0 Å². The molecule has 0 aromatic rings. The van der Waals surface area contributed by atoms with E-state index in [1.807, 2.05) is 13.8 Å². The van der Waals surface area contributed by atoms with Gasteiger partial charge in [0.2, 0.25) is 5.91 Å². The molecule has 1 aliphatic carbocycles. The molecule has 0 saturated heterocycles. The molecular weight excluding hydrogens is 206 g/mol. The molecule has 1 amide bonds. The minimum absolute atomic E-state index is 0.0906. The van der Waals surface area contributed by atoms with E-state index in [2.05, 4.69) is 5.32 Å². The summed E-state index contributed by atoms with van der Waals surface area (Å²) in [6.45, 7) is 3.76. The first-order valence-electron chi connectivity index (χ1n) is 5.94. The zero-order chi connectivity index (χ0) is 12.2. The average molecular weight is 227 g/mol. The Morgan fingerprint density at radius 1 is 1.31 bits per heavy atom. The third-order valence-electron chi connectivity index (χ3n) is 3.15. The summed E-state index contributed by atoms with van der Waals surface area (Å²) in [5.74, 6) is -0.583. The number of rotatable bonds is 5. The second-order valence-corrected chi connectivity index (χ2v) is 5.25. The first-order valence-corrected chi connectivity index (χ1v) is 5.94. The summed E-state index contributed by atoms with van der Waals surface area (Å²) >= 11 is 0. The molecule has 1 rings (SSSR count). The van der Waals surface area contributed by atoms with Crippen LogP contribution in [0.1, 0.15) is 52.4 Å². The van der Waals surface area contributed by atoms with Gasteiger partial charge in [-0.2, -0.15) is 0 Å². The van der Waals surface area contributed by atoms with Crippen molar-refractivity contribution in [3.8, 4) is 0 Å². The highest BCUT2D eigenvalue weighted by Crippen LogP contribution is 2.25. The Morgan fingerprint density at radius 3 is 2.38 bits per heavy atom. The maximum atomic E-state index is 11.8. The van der Waals surface area contributed by atoms with Crippen LogP contribution in [0.2, 0.25) is 0 Å². The van der Waals surface area contributed by atoms with Gasteiger partial charge in [0.05, 0.1) is 0 Å². The second kappa shape index (κ2) is 5.32. The minimum Gasteiger partial charge on any atom is -0.481 e. The van der Waals surface area contributed by atoms with Crippen LogP contribution in [0.25, 0.3) is 0 Å². The molecule has 0 spiro atoms. The van der Waals surface area contributed by atoms with Gasteiger partial charge in [-0.15, -0.1) is 0 Å². The van der Waals surface area contributed by atoms with Gasteiger partial charge in [-0.3, -0.25) is 9.59 Å². The average Bonchev–Trinajstić information content (AvgIpc) is 2.67. The molecule has 1 aliphatic rings. The van der Waals surface area contributed by atoms with E-state index in [9.17, 15) is 9.59 Å². The summed E-state index contributed by atoms with van der Waals surface area (Å²) in [4.78, 5) is 22.3. The first-order chi connectivity index (χ1) is 7.41. The van der Waals surface area contributed by atoms with Crippen LogP contribution in [0.4, 0.5) is 0 Å². The standard InChI is InChI=1S/C12H21NO3/c1-12(2,8-7-10(14)15)13-11(16)9-5-3-4-6-9/h9H,3-8H2,1-2H3,(H,13,16)(H,14,15). The van der Waals surface area contributed by atoms with Crippen LogP contribution in [0, 0.1) is 5.92 Å². The van der Waals surface area contributed by atoms with Crippen LogP contribution in [0.5, 0.6) is 0 Å². The molecule has 0 atom stereocenters. The lowest BCUT2D eigenvalue weighted by Gasteiger charge is -2.27. The molecule has 2 N–H and O–H groups in total. The van der Waals surface area contributed by atoms with Crippen molar-refractivity contribution in [2.75, 3.05) is 0 Å². The fourth-order valence-corrected chi connectivity index (χ4v) is 2.11. The van der Waals surface area contributed by atoms with Gasteiger partial charge >= 0.3 is 5.97 Å². The van der Waals surface area contributed by atoms with Crippen molar-refractivity contribution >= 4 is 11.9 Å². The molecule has 0 radical (unpaired) electrons. The third kappa shape index (κ3) is 4.21. The van der Waals surface area contributed by atoms with Gasteiger partial charge in [-0.1, -0.05) is 12.8 Å². The van der Waals surface area contributed by atoms with Crippen molar-refractivity contribution in [2.24, 2.45) is 5.92 Å². The van der Waals surface area contributed by atoms with Crippen molar-refractivity contribution in [3.63, 3.8) is 0 Å². The number of carbonyl (C=O) groups is 2. The number of amides is 1. The molecule has 1 saturated carbocycles. The lowest BCUT2D eigenvalue weighted by atomic mass is 9.96. The van der Waals surface area contributed by atoms with Gasteiger partial charge in [-0.25, -0.2) is 0 Å². The maximum absolute atomic E-state index is 11.8. The SMILES string of the molecule is CC(C)(CCC(=O)O)NC(=O)C1CCCC1. The van der Waals surface area contributed by atoms with E-state index in [4.69, 9.17) is 5.11 Å². The largest absolute Gasteiger partial charge is 0.481 e. The van der Waals surface area contributed by atoms with Crippen LogP contribution in [0.3, 0.4) is 0 Å². The molecule has 4 nitrogen and oxygen atoms in total. The molecule has 0 aromatic heterocycles. The fourth-order valence-electron chi connectivity index (χ4n) is 2.11. The summed E-state index contributed by atoms with van der Waals surface area (Å²) in [6, 6.07) is 0. The summed E-state index contributed by atoms with van der Waals surface area (Å²) in [7, 11) is 0. The first kappa shape index (κ1) is 13.0. The van der Waals surface area contributed by atoms with E-state index in [0.29, 0.717) is 6.42 Å². The quantitative estimate of drug-likeness (QED) is 0.754. The number of aliphatic carboxylic acids is 1. The highest BCUT2D eigenvalue weighted by molar-refractivity contribution is 5.79. The predicted molar refractivity (Wildman–Crippen MR) is 61.0 cm³/mol.